The molecular formula is C11H14F2O2. The van der Waals surface area contributed by atoms with Gasteiger partial charge in [-0.1, -0.05) is 13.0 Å². The van der Waals surface area contributed by atoms with Gasteiger partial charge >= 0.3 is 0 Å². The van der Waals surface area contributed by atoms with Gasteiger partial charge in [0.15, 0.2) is 0 Å². The molecule has 84 valence electrons. The fourth-order valence-corrected chi connectivity index (χ4v) is 1.50. The molecule has 15 heavy (non-hydrogen) atoms. The van der Waals surface area contributed by atoms with Gasteiger partial charge in [-0.15, -0.1) is 0 Å². The normalized spacial score (nSPS) is 15.0. The first-order valence-corrected chi connectivity index (χ1v) is 4.76. The first-order valence-electron chi connectivity index (χ1n) is 4.76. The lowest BCUT2D eigenvalue weighted by Gasteiger charge is -2.21. The second kappa shape index (κ2) is 5.19. The number of halogens is 2. The molecule has 0 aromatic heterocycles. The average Bonchev–Trinajstić information content (AvgIpc) is 2.19. The number of ether oxygens (including phenoxy) is 1. The lowest BCUT2D eigenvalue weighted by molar-refractivity contribution is -0.0181. The zero-order chi connectivity index (χ0) is 11.4. The highest BCUT2D eigenvalue weighted by atomic mass is 19.1. The summed E-state index contributed by atoms with van der Waals surface area (Å²) in [5, 5.41) is 9.74. The molecule has 0 aliphatic rings. The van der Waals surface area contributed by atoms with E-state index in [-0.39, 0.29) is 5.56 Å². The van der Waals surface area contributed by atoms with Crippen molar-refractivity contribution in [1.29, 1.82) is 0 Å². The van der Waals surface area contributed by atoms with E-state index in [9.17, 15) is 13.9 Å². The Bertz CT molecular complexity index is 304. The van der Waals surface area contributed by atoms with Gasteiger partial charge in [0.25, 0.3) is 0 Å². The number of methoxy groups -OCH3 is 1. The van der Waals surface area contributed by atoms with Crippen LogP contribution in [0.1, 0.15) is 25.0 Å². The van der Waals surface area contributed by atoms with Crippen LogP contribution in [0.5, 0.6) is 0 Å². The smallest absolute Gasteiger partial charge is 0.132 e. The Balaban J connectivity index is 3.04. The maximum Gasteiger partial charge on any atom is 0.132 e. The first kappa shape index (κ1) is 12.1. The summed E-state index contributed by atoms with van der Waals surface area (Å²) >= 11 is 0. The SMILES string of the molecule is CCC(OC)C(O)c1c(F)cccc1F. The van der Waals surface area contributed by atoms with Crippen molar-refractivity contribution in [2.45, 2.75) is 25.6 Å². The van der Waals surface area contributed by atoms with Crippen molar-refractivity contribution in [3.63, 3.8) is 0 Å². The van der Waals surface area contributed by atoms with Crippen LogP contribution in [0.2, 0.25) is 0 Å². The maximum absolute atomic E-state index is 13.3. The number of aliphatic hydroxyl groups excluding tert-OH is 1. The average molecular weight is 216 g/mol. The Morgan fingerprint density at radius 3 is 2.27 bits per heavy atom. The quantitative estimate of drug-likeness (QED) is 0.837. The van der Waals surface area contributed by atoms with Crippen LogP contribution in [0.15, 0.2) is 18.2 Å². The van der Waals surface area contributed by atoms with Gasteiger partial charge in [0.2, 0.25) is 0 Å². The van der Waals surface area contributed by atoms with Crippen LogP contribution < -0.4 is 0 Å². The van der Waals surface area contributed by atoms with E-state index in [1.807, 2.05) is 0 Å². The van der Waals surface area contributed by atoms with Gasteiger partial charge in [0.1, 0.15) is 17.7 Å². The standard InChI is InChI=1S/C11H14F2O2/c1-3-9(15-2)11(14)10-7(12)5-4-6-8(10)13/h4-6,9,11,14H,3H2,1-2H3. The maximum atomic E-state index is 13.3. The van der Waals surface area contributed by atoms with Crippen molar-refractivity contribution < 1.29 is 18.6 Å². The highest BCUT2D eigenvalue weighted by Gasteiger charge is 2.24. The van der Waals surface area contributed by atoms with E-state index in [0.717, 1.165) is 12.1 Å². The summed E-state index contributed by atoms with van der Waals surface area (Å²) in [6.45, 7) is 1.77. The van der Waals surface area contributed by atoms with Crippen molar-refractivity contribution in [3.8, 4) is 0 Å². The van der Waals surface area contributed by atoms with Crippen LogP contribution in [0.3, 0.4) is 0 Å². The fraction of sp³-hybridized carbons (Fsp3) is 0.455. The second-order valence-corrected chi connectivity index (χ2v) is 3.26. The third kappa shape index (κ3) is 2.52. The Hall–Kier alpha value is -1.00. The molecule has 0 bridgehead atoms. The highest BCUT2D eigenvalue weighted by molar-refractivity contribution is 5.22. The molecule has 2 nitrogen and oxygen atoms in total. The van der Waals surface area contributed by atoms with E-state index in [2.05, 4.69) is 0 Å². The summed E-state index contributed by atoms with van der Waals surface area (Å²) in [5.74, 6) is -1.50. The number of aliphatic hydroxyl groups is 1. The Morgan fingerprint density at radius 2 is 1.87 bits per heavy atom. The minimum absolute atomic E-state index is 0.328. The monoisotopic (exact) mass is 216 g/mol. The molecule has 0 saturated heterocycles. The Labute approximate surface area is 87.5 Å². The number of hydrogen-bond acceptors (Lipinski definition) is 2. The molecule has 0 spiro atoms. The van der Waals surface area contributed by atoms with E-state index in [1.165, 1.54) is 13.2 Å². The van der Waals surface area contributed by atoms with Crippen molar-refractivity contribution in [1.82, 2.24) is 0 Å². The summed E-state index contributed by atoms with van der Waals surface area (Å²) in [4.78, 5) is 0. The third-order valence-corrected chi connectivity index (χ3v) is 2.35. The van der Waals surface area contributed by atoms with Gasteiger partial charge in [0.05, 0.1) is 11.7 Å². The van der Waals surface area contributed by atoms with Crippen LogP contribution >= 0.6 is 0 Å². The number of benzene rings is 1. The fourth-order valence-electron chi connectivity index (χ4n) is 1.50. The molecule has 4 heteroatoms. The van der Waals surface area contributed by atoms with Gasteiger partial charge in [0, 0.05) is 7.11 Å². The van der Waals surface area contributed by atoms with Crippen LogP contribution in [-0.2, 0) is 4.74 Å². The van der Waals surface area contributed by atoms with Gasteiger partial charge in [-0.25, -0.2) is 8.78 Å². The van der Waals surface area contributed by atoms with Crippen LogP contribution in [-0.4, -0.2) is 18.3 Å². The third-order valence-electron chi connectivity index (χ3n) is 2.35. The van der Waals surface area contributed by atoms with Crippen LogP contribution in [0, 0.1) is 11.6 Å². The van der Waals surface area contributed by atoms with Gasteiger partial charge in [-0.3, -0.25) is 0 Å². The molecule has 0 radical (unpaired) electrons. The molecule has 2 atom stereocenters. The summed E-state index contributed by atoms with van der Waals surface area (Å²) in [6.07, 6.45) is -1.40. The summed E-state index contributed by atoms with van der Waals surface area (Å²) in [7, 11) is 1.40. The lowest BCUT2D eigenvalue weighted by atomic mass is 10.0. The molecule has 1 aromatic carbocycles. The number of rotatable bonds is 4. The predicted octanol–water partition coefficient (Wildman–Crippen LogP) is 2.42. The minimum atomic E-state index is -1.28. The van der Waals surface area contributed by atoms with Gasteiger partial charge < -0.3 is 9.84 Å². The Morgan fingerprint density at radius 1 is 1.33 bits per heavy atom. The van der Waals surface area contributed by atoms with Crippen molar-refractivity contribution >= 4 is 0 Å². The molecule has 2 unspecified atom stereocenters. The zero-order valence-corrected chi connectivity index (χ0v) is 8.71. The highest BCUT2D eigenvalue weighted by Crippen LogP contribution is 2.25. The van der Waals surface area contributed by atoms with Crippen LogP contribution in [0.4, 0.5) is 8.78 Å². The minimum Gasteiger partial charge on any atom is -0.385 e. The largest absolute Gasteiger partial charge is 0.385 e. The molecule has 0 amide bonds. The van der Waals surface area contributed by atoms with E-state index in [0.29, 0.717) is 6.42 Å². The van der Waals surface area contributed by atoms with Gasteiger partial charge in [-0.2, -0.15) is 0 Å². The first-order chi connectivity index (χ1) is 7.11. The molecular weight excluding hydrogens is 202 g/mol. The Kier molecular flexibility index (Phi) is 4.17. The molecule has 1 aromatic rings. The lowest BCUT2D eigenvalue weighted by Crippen LogP contribution is -2.22. The van der Waals surface area contributed by atoms with E-state index in [1.54, 1.807) is 6.92 Å². The van der Waals surface area contributed by atoms with Crippen LogP contribution in [0.25, 0.3) is 0 Å². The predicted molar refractivity (Wildman–Crippen MR) is 52.4 cm³/mol. The molecule has 1 rings (SSSR count). The van der Waals surface area contributed by atoms with Crippen molar-refractivity contribution in [2.24, 2.45) is 0 Å². The van der Waals surface area contributed by atoms with Crippen molar-refractivity contribution in [2.75, 3.05) is 7.11 Å². The molecule has 0 saturated carbocycles. The molecule has 0 heterocycles. The zero-order valence-electron chi connectivity index (χ0n) is 8.71. The van der Waals surface area contributed by atoms with Crippen molar-refractivity contribution in [3.05, 3.63) is 35.4 Å². The second-order valence-electron chi connectivity index (χ2n) is 3.26. The summed E-state index contributed by atoms with van der Waals surface area (Å²) in [5.41, 5.74) is -0.328. The van der Waals surface area contributed by atoms with E-state index < -0.39 is 23.8 Å². The molecule has 0 fully saturated rings. The van der Waals surface area contributed by atoms with Gasteiger partial charge in [-0.05, 0) is 18.6 Å². The number of hydrogen-bond donors (Lipinski definition) is 1. The summed E-state index contributed by atoms with van der Waals surface area (Å²) < 4.78 is 31.5. The molecule has 0 aliphatic carbocycles. The van der Waals surface area contributed by atoms with E-state index in [4.69, 9.17) is 4.74 Å². The molecule has 0 aliphatic heterocycles. The van der Waals surface area contributed by atoms with E-state index >= 15 is 0 Å². The topological polar surface area (TPSA) is 29.5 Å². The summed E-state index contributed by atoms with van der Waals surface area (Å²) in [6, 6.07) is 3.49. The molecule has 1 N–H and O–H groups in total.